The van der Waals surface area contributed by atoms with E-state index in [0.717, 1.165) is 4.47 Å². The number of fused-ring (bicyclic) bond motifs is 1. The Morgan fingerprint density at radius 2 is 2.21 bits per heavy atom. The highest BCUT2D eigenvalue weighted by molar-refractivity contribution is 9.10. The average molecular weight is 330 g/mol. The first-order chi connectivity index (χ1) is 9.08. The van der Waals surface area contributed by atoms with Crippen LogP contribution in [0, 0.1) is 0 Å². The average Bonchev–Trinajstić information content (AvgIpc) is 2.65. The van der Waals surface area contributed by atoms with E-state index in [-0.39, 0.29) is 19.6 Å². The van der Waals surface area contributed by atoms with Gasteiger partial charge in [0.15, 0.2) is 5.58 Å². The van der Waals surface area contributed by atoms with Gasteiger partial charge in [-0.15, -0.1) is 0 Å². The SMILES string of the molecule is O=C(O)CCOCCn1c(=O)oc2ccc(Br)cc21. The minimum Gasteiger partial charge on any atom is -0.481 e. The first-order valence-electron chi connectivity index (χ1n) is 5.66. The van der Waals surface area contributed by atoms with Crippen LogP contribution in [0.4, 0.5) is 0 Å². The summed E-state index contributed by atoms with van der Waals surface area (Å²) in [5.41, 5.74) is 1.19. The maximum Gasteiger partial charge on any atom is 0.420 e. The summed E-state index contributed by atoms with van der Waals surface area (Å²) in [6.07, 6.45) is -0.0490. The molecule has 0 unspecified atom stereocenters. The van der Waals surface area contributed by atoms with Gasteiger partial charge in [-0.1, -0.05) is 15.9 Å². The Labute approximate surface area is 116 Å². The summed E-state index contributed by atoms with van der Waals surface area (Å²) in [7, 11) is 0. The number of carboxylic acid groups (broad SMARTS) is 1. The maximum atomic E-state index is 11.7. The first kappa shape index (κ1) is 13.8. The highest BCUT2D eigenvalue weighted by Crippen LogP contribution is 2.18. The topological polar surface area (TPSA) is 81.7 Å². The summed E-state index contributed by atoms with van der Waals surface area (Å²) in [5.74, 6) is -1.36. The van der Waals surface area contributed by atoms with Crippen molar-refractivity contribution in [2.45, 2.75) is 13.0 Å². The number of ether oxygens (including phenoxy) is 1. The van der Waals surface area contributed by atoms with E-state index in [1.165, 1.54) is 4.57 Å². The monoisotopic (exact) mass is 329 g/mol. The Balaban J connectivity index is 2.04. The van der Waals surface area contributed by atoms with Crippen LogP contribution >= 0.6 is 15.9 Å². The molecule has 0 fully saturated rings. The van der Waals surface area contributed by atoms with Crippen LogP contribution in [0.15, 0.2) is 31.9 Å². The lowest BCUT2D eigenvalue weighted by Crippen LogP contribution is -2.18. The normalized spacial score (nSPS) is 11.0. The van der Waals surface area contributed by atoms with Gasteiger partial charge >= 0.3 is 11.7 Å². The molecule has 1 aromatic heterocycles. The molecule has 0 atom stereocenters. The maximum absolute atomic E-state index is 11.7. The molecule has 0 amide bonds. The van der Waals surface area contributed by atoms with Crippen molar-refractivity contribution in [2.75, 3.05) is 13.2 Å². The molecule has 1 N–H and O–H groups in total. The number of carbonyl (C=O) groups is 1. The Kier molecular flexibility index (Phi) is 4.39. The lowest BCUT2D eigenvalue weighted by Gasteiger charge is -2.03. The van der Waals surface area contributed by atoms with Crippen molar-refractivity contribution in [1.82, 2.24) is 4.57 Å². The molecule has 1 aromatic carbocycles. The zero-order valence-corrected chi connectivity index (χ0v) is 11.6. The Morgan fingerprint density at radius 1 is 1.42 bits per heavy atom. The highest BCUT2D eigenvalue weighted by Gasteiger charge is 2.09. The summed E-state index contributed by atoms with van der Waals surface area (Å²) >= 11 is 3.33. The first-order valence-corrected chi connectivity index (χ1v) is 6.45. The molecule has 0 bridgehead atoms. The molecule has 0 aliphatic heterocycles. The molecule has 0 saturated heterocycles. The van der Waals surface area contributed by atoms with Gasteiger partial charge in [-0.2, -0.15) is 0 Å². The van der Waals surface area contributed by atoms with E-state index in [2.05, 4.69) is 15.9 Å². The zero-order chi connectivity index (χ0) is 13.8. The molecule has 0 aliphatic carbocycles. The van der Waals surface area contributed by atoms with Gasteiger partial charge in [0.2, 0.25) is 0 Å². The number of aromatic nitrogens is 1. The van der Waals surface area contributed by atoms with Crippen molar-refractivity contribution in [3.63, 3.8) is 0 Å². The van der Waals surface area contributed by atoms with Gasteiger partial charge in [0.25, 0.3) is 0 Å². The second-order valence-electron chi connectivity index (χ2n) is 3.89. The number of oxazole rings is 1. The fourth-order valence-corrected chi connectivity index (χ4v) is 2.01. The molecule has 0 spiro atoms. The molecule has 0 radical (unpaired) electrons. The summed E-state index contributed by atoms with van der Waals surface area (Å²) in [5, 5.41) is 8.46. The van der Waals surface area contributed by atoms with Crippen molar-refractivity contribution in [3.05, 3.63) is 33.2 Å². The van der Waals surface area contributed by atoms with E-state index in [1.54, 1.807) is 18.2 Å². The smallest absolute Gasteiger partial charge is 0.420 e. The van der Waals surface area contributed by atoms with E-state index >= 15 is 0 Å². The van der Waals surface area contributed by atoms with Gasteiger partial charge in [-0.25, -0.2) is 4.79 Å². The number of rotatable bonds is 6. The van der Waals surface area contributed by atoms with Gasteiger partial charge in [-0.3, -0.25) is 9.36 Å². The number of aliphatic carboxylic acids is 1. The molecular formula is C12H12BrNO5. The predicted molar refractivity (Wildman–Crippen MR) is 71.2 cm³/mol. The highest BCUT2D eigenvalue weighted by atomic mass is 79.9. The summed E-state index contributed by atoms with van der Waals surface area (Å²) in [4.78, 5) is 22.0. The minimum atomic E-state index is -0.908. The number of benzene rings is 1. The van der Waals surface area contributed by atoms with Crippen molar-refractivity contribution in [3.8, 4) is 0 Å². The van der Waals surface area contributed by atoms with Gasteiger partial charge in [-0.05, 0) is 18.2 Å². The second-order valence-corrected chi connectivity index (χ2v) is 4.80. The van der Waals surface area contributed by atoms with E-state index in [9.17, 15) is 9.59 Å². The third-order valence-corrected chi connectivity index (χ3v) is 3.04. The van der Waals surface area contributed by atoms with Crippen molar-refractivity contribution in [1.29, 1.82) is 0 Å². The van der Waals surface area contributed by atoms with Crippen LogP contribution in [0.1, 0.15) is 6.42 Å². The second kappa shape index (κ2) is 6.03. The Bertz CT molecular complexity index is 645. The van der Waals surface area contributed by atoms with Crippen molar-refractivity contribution in [2.24, 2.45) is 0 Å². The van der Waals surface area contributed by atoms with E-state index < -0.39 is 11.7 Å². The van der Waals surface area contributed by atoms with Crippen LogP contribution in [0.25, 0.3) is 11.1 Å². The van der Waals surface area contributed by atoms with Crippen molar-refractivity contribution >= 4 is 33.0 Å². The van der Waals surface area contributed by atoms with Crippen molar-refractivity contribution < 1.29 is 19.1 Å². The van der Waals surface area contributed by atoms with Crippen LogP contribution in [-0.2, 0) is 16.1 Å². The summed E-state index contributed by atoms with van der Waals surface area (Å²) in [6.45, 7) is 0.708. The third-order valence-electron chi connectivity index (χ3n) is 2.55. The van der Waals surface area contributed by atoms with E-state index in [4.69, 9.17) is 14.3 Å². The Hall–Kier alpha value is -1.60. The molecule has 19 heavy (non-hydrogen) atoms. The van der Waals surface area contributed by atoms with Crippen LogP contribution in [0.2, 0.25) is 0 Å². The molecular weight excluding hydrogens is 318 g/mol. The predicted octanol–water partition coefficient (Wildman–Crippen LogP) is 1.85. The van der Waals surface area contributed by atoms with Gasteiger partial charge in [0, 0.05) is 4.47 Å². The van der Waals surface area contributed by atoms with E-state index in [1.807, 2.05) is 0 Å². The molecule has 2 aromatic rings. The molecule has 1 heterocycles. The number of halogens is 1. The lowest BCUT2D eigenvalue weighted by molar-refractivity contribution is -0.138. The quantitative estimate of drug-likeness (QED) is 0.818. The minimum absolute atomic E-state index is 0.0490. The molecule has 0 aliphatic rings. The van der Waals surface area contributed by atoms with Gasteiger partial charge in [0.1, 0.15) is 0 Å². The molecule has 102 valence electrons. The Morgan fingerprint density at radius 3 is 2.95 bits per heavy atom. The molecule has 0 saturated carbocycles. The standard InChI is InChI=1S/C12H12BrNO5/c13-8-1-2-10-9(7-8)14(12(17)19-10)4-6-18-5-3-11(15)16/h1-2,7H,3-6H2,(H,15,16). The van der Waals surface area contributed by atoms with E-state index in [0.29, 0.717) is 17.6 Å². The number of nitrogens with zero attached hydrogens (tertiary/aromatic N) is 1. The summed E-state index contributed by atoms with van der Waals surface area (Å²) in [6, 6.07) is 5.29. The van der Waals surface area contributed by atoms with Gasteiger partial charge < -0.3 is 14.3 Å². The third kappa shape index (κ3) is 3.45. The fraction of sp³-hybridized carbons (Fsp3) is 0.333. The zero-order valence-electron chi connectivity index (χ0n) is 9.97. The van der Waals surface area contributed by atoms with Crippen LogP contribution < -0.4 is 5.76 Å². The van der Waals surface area contributed by atoms with Gasteiger partial charge in [0.05, 0.1) is 31.7 Å². The van der Waals surface area contributed by atoms with Crippen LogP contribution in [-0.4, -0.2) is 28.9 Å². The lowest BCUT2D eigenvalue weighted by atomic mass is 10.3. The number of hydrogen-bond acceptors (Lipinski definition) is 4. The molecule has 6 nitrogen and oxygen atoms in total. The largest absolute Gasteiger partial charge is 0.481 e. The summed E-state index contributed by atoms with van der Waals surface area (Å²) < 4.78 is 12.6. The fourth-order valence-electron chi connectivity index (χ4n) is 1.66. The van der Waals surface area contributed by atoms with Crippen LogP contribution in [0.3, 0.4) is 0 Å². The molecule has 7 heteroatoms. The number of carboxylic acids is 1. The van der Waals surface area contributed by atoms with Crippen LogP contribution in [0.5, 0.6) is 0 Å². The molecule has 2 rings (SSSR count). The number of hydrogen-bond donors (Lipinski definition) is 1.